The maximum atomic E-state index is 12.2. The van der Waals surface area contributed by atoms with Crippen LogP contribution in [0.5, 0.6) is 5.75 Å². The first-order valence-electron chi connectivity index (χ1n) is 6.55. The van der Waals surface area contributed by atoms with Crippen LogP contribution >= 0.6 is 27.5 Å². The number of ether oxygens (including phenoxy) is 1. The molecule has 0 aliphatic heterocycles. The van der Waals surface area contributed by atoms with Crippen molar-refractivity contribution in [1.82, 2.24) is 0 Å². The normalized spacial score (nSPS) is 10.8. The SMILES string of the molecule is COc1ccc(Br)cc1/C=C(/C#N)C(=O)Nc1ccc(Cl)cc1. The van der Waals surface area contributed by atoms with Gasteiger partial charge in [0, 0.05) is 20.7 Å². The Hall–Kier alpha value is -2.29. The predicted molar refractivity (Wildman–Crippen MR) is 94.4 cm³/mol. The van der Waals surface area contributed by atoms with E-state index in [2.05, 4.69) is 21.2 Å². The molecule has 0 radical (unpaired) electrons. The Kier molecular flexibility index (Phi) is 5.80. The van der Waals surface area contributed by atoms with Crippen molar-refractivity contribution in [2.24, 2.45) is 0 Å². The molecule has 2 aromatic carbocycles. The Morgan fingerprint density at radius 2 is 2.00 bits per heavy atom. The van der Waals surface area contributed by atoms with Crippen LogP contribution in [0.15, 0.2) is 52.5 Å². The number of nitrogens with one attached hydrogen (secondary N) is 1. The van der Waals surface area contributed by atoms with Gasteiger partial charge in [-0.3, -0.25) is 4.79 Å². The van der Waals surface area contributed by atoms with Crippen molar-refractivity contribution < 1.29 is 9.53 Å². The van der Waals surface area contributed by atoms with Gasteiger partial charge in [-0.2, -0.15) is 5.26 Å². The molecule has 0 saturated carbocycles. The number of nitriles is 1. The van der Waals surface area contributed by atoms with E-state index in [1.54, 1.807) is 36.4 Å². The average Bonchev–Trinajstić information content (AvgIpc) is 2.54. The first-order chi connectivity index (χ1) is 11.0. The summed E-state index contributed by atoms with van der Waals surface area (Å²) in [6.45, 7) is 0. The van der Waals surface area contributed by atoms with Crippen LogP contribution in [-0.4, -0.2) is 13.0 Å². The summed E-state index contributed by atoms with van der Waals surface area (Å²) in [4.78, 5) is 12.2. The Morgan fingerprint density at radius 3 is 2.61 bits per heavy atom. The second-order valence-electron chi connectivity index (χ2n) is 4.52. The lowest BCUT2D eigenvalue weighted by atomic mass is 10.1. The van der Waals surface area contributed by atoms with E-state index in [0.29, 0.717) is 22.0 Å². The van der Waals surface area contributed by atoms with Crippen LogP contribution in [-0.2, 0) is 4.79 Å². The monoisotopic (exact) mass is 390 g/mol. The van der Waals surface area contributed by atoms with Crippen molar-refractivity contribution in [3.63, 3.8) is 0 Å². The maximum Gasteiger partial charge on any atom is 0.266 e. The summed E-state index contributed by atoms with van der Waals surface area (Å²) < 4.78 is 6.06. The van der Waals surface area contributed by atoms with Gasteiger partial charge in [0.1, 0.15) is 17.4 Å². The molecule has 0 aliphatic carbocycles. The lowest BCUT2D eigenvalue weighted by molar-refractivity contribution is -0.112. The molecule has 116 valence electrons. The largest absolute Gasteiger partial charge is 0.496 e. The highest BCUT2D eigenvalue weighted by atomic mass is 79.9. The highest BCUT2D eigenvalue weighted by molar-refractivity contribution is 9.10. The number of halogens is 2. The van der Waals surface area contributed by atoms with Crippen molar-refractivity contribution in [3.8, 4) is 11.8 Å². The van der Waals surface area contributed by atoms with Crippen molar-refractivity contribution in [1.29, 1.82) is 5.26 Å². The van der Waals surface area contributed by atoms with Crippen LogP contribution in [0.3, 0.4) is 0 Å². The summed E-state index contributed by atoms with van der Waals surface area (Å²) in [5.41, 5.74) is 1.16. The van der Waals surface area contributed by atoms with Gasteiger partial charge in [-0.15, -0.1) is 0 Å². The summed E-state index contributed by atoms with van der Waals surface area (Å²) in [6, 6.07) is 13.9. The lowest BCUT2D eigenvalue weighted by Crippen LogP contribution is -2.13. The standard InChI is InChI=1S/C17H12BrClN2O2/c1-23-16-7-2-13(18)9-11(16)8-12(10-20)17(22)21-15-5-3-14(19)4-6-15/h2-9H,1H3,(H,21,22)/b12-8-. The van der Waals surface area contributed by atoms with Gasteiger partial charge in [0.2, 0.25) is 0 Å². The summed E-state index contributed by atoms with van der Waals surface area (Å²) in [5, 5.41) is 12.5. The molecule has 0 atom stereocenters. The zero-order chi connectivity index (χ0) is 16.8. The topological polar surface area (TPSA) is 62.1 Å². The molecule has 1 N–H and O–H groups in total. The van der Waals surface area contributed by atoms with Crippen LogP contribution in [0.25, 0.3) is 6.08 Å². The molecule has 0 heterocycles. The second-order valence-corrected chi connectivity index (χ2v) is 5.87. The molecule has 23 heavy (non-hydrogen) atoms. The number of hydrogen-bond acceptors (Lipinski definition) is 3. The smallest absolute Gasteiger partial charge is 0.266 e. The number of nitrogens with zero attached hydrogens (tertiary/aromatic N) is 1. The third kappa shape index (κ3) is 4.59. The van der Waals surface area contributed by atoms with E-state index in [-0.39, 0.29) is 5.57 Å². The van der Waals surface area contributed by atoms with E-state index in [1.165, 1.54) is 13.2 Å². The van der Waals surface area contributed by atoms with Crippen molar-refractivity contribution in [2.45, 2.75) is 0 Å². The summed E-state index contributed by atoms with van der Waals surface area (Å²) in [6.07, 6.45) is 1.48. The molecule has 0 unspecified atom stereocenters. The Morgan fingerprint density at radius 1 is 1.30 bits per heavy atom. The van der Waals surface area contributed by atoms with Gasteiger partial charge < -0.3 is 10.1 Å². The van der Waals surface area contributed by atoms with Crippen LogP contribution in [0.1, 0.15) is 5.56 Å². The molecule has 4 nitrogen and oxygen atoms in total. The molecule has 6 heteroatoms. The van der Waals surface area contributed by atoms with Crippen molar-refractivity contribution >= 4 is 45.2 Å². The first kappa shape index (κ1) is 17.1. The van der Waals surface area contributed by atoms with Crippen molar-refractivity contribution in [2.75, 3.05) is 12.4 Å². The zero-order valence-corrected chi connectivity index (χ0v) is 14.5. The number of carbonyl (C=O) groups excluding carboxylic acids is 1. The van der Waals surface area contributed by atoms with Crippen LogP contribution in [0, 0.1) is 11.3 Å². The summed E-state index contributed by atoms with van der Waals surface area (Å²) in [7, 11) is 1.53. The average molecular weight is 392 g/mol. The predicted octanol–water partition coefficient (Wildman–Crippen LogP) is 4.66. The van der Waals surface area contributed by atoms with Gasteiger partial charge in [-0.05, 0) is 48.5 Å². The van der Waals surface area contributed by atoms with Gasteiger partial charge in [0.05, 0.1) is 7.11 Å². The quantitative estimate of drug-likeness (QED) is 0.609. The minimum atomic E-state index is -0.503. The van der Waals surface area contributed by atoms with E-state index < -0.39 is 5.91 Å². The van der Waals surface area contributed by atoms with Gasteiger partial charge in [0.25, 0.3) is 5.91 Å². The maximum absolute atomic E-state index is 12.2. The molecule has 0 aliphatic rings. The van der Waals surface area contributed by atoms with E-state index in [4.69, 9.17) is 16.3 Å². The Labute approximate surface area is 147 Å². The number of anilines is 1. The second kappa shape index (κ2) is 7.82. The van der Waals surface area contributed by atoms with Gasteiger partial charge >= 0.3 is 0 Å². The number of rotatable bonds is 4. The van der Waals surface area contributed by atoms with Crippen LogP contribution in [0.2, 0.25) is 5.02 Å². The molecule has 0 bridgehead atoms. The minimum Gasteiger partial charge on any atom is -0.496 e. The number of amides is 1. The molecule has 2 rings (SSSR count). The van der Waals surface area contributed by atoms with E-state index >= 15 is 0 Å². The molecule has 0 spiro atoms. The minimum absolute atomic E-state index is 0.0312. The van der Waals surface area contributed by atoms with Gasteiger partial charge in [-0.25, -0.2) is 0 Å². The lowest BCUT2D eigenvalue weighted by Gasteiger charge is -2.07. The van der Waals surface area contributed by atoms with E-state index in [9.17, 15) is 10.1 Å². The van der Waals surface area contributed by atoms with Crippen LogP contribution < -0.4 is 10.1 Å². The molecule has 2 aromatic rings. The fraction of sp³-hybridized carbons (Fsp3) is 0.0588. The zero-order valence-electron chi connectivity index (χ0n) is 12.1. The van der Waals surface area contributed by atoms with Gasteiger partial charge in [0.15, 0.2) is 0 Å². The number of hydrogen-bond donors (Lipinski definition) is 1. The molecular formula is C17H12BrClN2O2. The van der Waals surface area contributed by atoms with Crippen LogP contribution in [0.4, 0.5) is 5.69 Å². The Bertz CT molecular complexity index is 795. The number of carbonyl (C=O) groups is 1. The fourth-order valence-electron chi connectivity index (χ4n) is 1.85. The molecular weight excluding hydrogens is 380 g/mol. The molecule has 0 fully saturated rings. The summed E-state index contributed by atoms with van der Waals surface area (Å²) in [5.74, 6) is 0.0668. The van der Waals surface area contributed by atoms with Gasteiger partial charge in [-0.1, -0.05) is 27.5 Å². The number of benzene rings is 2. The third-order valence-electron chi connectivity index (χ3n) is 2.96. The fourth-order valence-corrected chi connectivity index (χ4v) is 2.36. The highest BCUT2D eigenvalue weighted by Gasteiger charge is 2.11. The van der Waals surface area contributed by atoms with E-state index in [0.717, 1.165) is 4.47 Å². The molecule has 1 amide bonds. The Balaban J connectivity index is 2.28. The van der Waals surface area contributed by atoms with E-state index in [1.807, 2.05) is 12.1 Å². The highest BCUT2D eigenvalue weighted by Crippen LogP contribution is 2.25. The van der Waals surface area contributed by atoms with Crippen molar-refractivity contribution in [3.05, 3.63) is 63.1 Å². The molecule has 0 saturated heterocycles. The number of methoxy groups -OCH3 is 1. The third-order valence-corrected chi connectivity index (χ3v) is 3.70. The first-order valence-corrected chi connectivity index (χ1v) is 7.73. The molecule has 0 aromatic heterocycles. The summed E-state index contributed by atoms with van der Waals surface area (Å²) >= 11 is 9.15.